The van der Waals surface area contributed by atoms with E-state index in [1.165, 1.54) is 12.1 Å². The van der Waals surface area contributed by atoms with Crippen molar-refractivity contribution in [2.24, 2.45) is 0 Å². The number of benzene rings is 1. The summed E-state index contributed by atoms with van der Waals surface area (Å²) in [6.07, 6.45) is -2.46. The Morgan fingerprint density at radius 2 is 1.87 bits per heavy atom. The number of hydrogen-bond acceptors (Lipinski definition) is 0. The fourth-order valence-corrected chi connectivity index (χ4v) is 1.82. The summed E-state index contributed by atoms with van der Waals surface area (Å²) < 4.78 is 37.7. The van der Waals surface area contributed by atoms with Gasteiger partial charge in [0.2, 0.25) is 0 Å². The monoisotopic (exact) mass is 234 g/mol. The zero-order chi connectivity index (χ0) is 11.3. The smallest absolute Gasteiger partial charge is 0.166 e. The van der Waals surface area contributed by atoms with E-state index in [9.17, 15) is 13.2 Å². The van der Waals surface area contributed by atoms with Gasteiger partial charge in [-0.15, -0.1) is 0 Å². The largest absolute Gasteiger partial charge is 0.417 e. The molecule has 2 rings (SSSR count). The van der Waals surface area contributed by atoms with Gasteiger partial charge in [-0.3, -0.25) is 0 Å². The van der Waals surface area contributed by atoms with Crippen molar-refractivity contribution >= 4 is 11.6 Å². The zero-order valence-electron chi connectivity index (χ0n) is 8.16. The van der Waals surface area contributed by atoms with Crippen LogP contribution in [0.3, 0.4) is 0 Å². The van der Waals surface area contributed by atoms with E-state index in [2.05, 4.69) is 0 Å². The van der Waals surface area contributed by atoms with Crippen molar-refractivity contribution in [1.82, 2.24) is 0 Å². The lowest BCUT2D eigenvalue weighted by Crippen LogP contribution is -2.09. The minimum Gasteiger partial charge on any atom is -0.166 e. The molecule has 0 aliphatic heterocycles. The fraction of sp³-hybridized carbons (Fsp3) is 0.455. The third kappa shape index (κ3) is 1.98. The maximum absolute atomic E-state index is 12.6. The predicted octanol–water partition coefficient (Wildman–Crippen LogP) is 4.41. The van der Waals surface area contributed by atoms with Crippen LogP contribution in [0.5, 0.6) is 0 Å². The average molecular weight is 235 g/mol. The van der Waals surface area contributed by atoms with E-state index in [-0.39, 0.29) is 10.4 Å². The fourth-order valence-electron chi connectivity index (χ4n) is 1.59. The number of rotatable bonds is 1. The molecular weight excluding hydrogens is 225 g/mol. The van der Waals surface area contributed by atoms with Crippen LogP contribution in [-0.4, -0.2) is 0 Å². The van der Waals surface area contributed by atoms with E-state index in [4.69, 9.17) is 11.6 Å². The van der Waals surface area contributed by atoms with Crippen LogP contribution in [-0.2, 0) is 11.6 Å². The standard InChI is InChI=1S/C11H10ClF3/c1-10(4-5-10)7-2-3-9(12)8(6-7)11(13,14)15/h2-3,6H,4-5H2,1H3. The van der Waals surface area contributed by atoms with Crippen LogP contribution >= 0.6 is 11.6 Å². The van der Waals surface area contributed by atoms with Crippen LogP contribution in [0, 0.1) is 0 Å². The van der Waals surface area contributed by atoms with Crippen molar-refractivity contribution in [2.75, 3.05) is 0 Å². The Bertz CT molecular complexity index is 391. The molecule has 0 spiro atoms. The minimum atomic E-state index is -4.36. The summed E-state index contributed by atoms with van der Waals surface area (Å²) in [5.41, 5.74) is -0.0565. The van der Waals surface area contributed by atoms with Crippen LogP contribution in [0.25, 0.3) is 0 Å². The molecule has 1 aliphatic rings. The van der Waals surface area contributed by atoms with Gasteiger partial charge >= 0.3 is 6.18 Å². The molecule has 0 amide bonds. The molecule has 82 valence electrons. The van der Waals surface area contributed by atoms with Crippen LogP contribution in [0.4, 0.5) is 13.2 Å². The molecule has 0 heterocycles. The first-order chi connectivity index (χ1) is 6.83. The minimum absolute atomic E-state index is 0.0649. The normalized spacial score (nSPS) is 19.0. The molecule has 0 unspecified atom stereocenters. The van der Waals surface area contributed by atoms with Gasteiger partial charge in [-0.25, -0.2) is 0 Å². The Morgan fingerprint density at radius 3 is 2.33 bits per heavy atom. The highest BCUT2D eigenvalue weighted by atomic mass is 35.5. The molecule has 0 N–H and O–H groups in total. The van der Waals surface area contributed by atoms with Crippen molar-refractivity contribution in [1.29, 1.82) is 0 Å². The maximum atomic E-state index is 12.6. The molecule has 0 nitrogen and oxygen atoms in total. The Kier molecular flexibility index (Phi) is 2.26. The molecule has 1 saturated carbocycles. The highest BCUT2D eigenvalue weighted by molar-refractivity contribution is 6.31. The summed E-state index contributed by atoms with van der Waals surface area (Å²) in [5, 5.41) is -0.226. The summed E-state index contributed by atoms with van der Waals surface area (Å²) in [5.74, 6) is 0. The van der Waals surface area contributed by atoms with Gasteiger partial charge in [-0.2, -0.15) is 13.2 Å². The van der Waals surface area contributed by atoms with Gasteiger partial charge in [0.15, 0.2) is 0 Å². The van der Waals surface area contributed by atoms with Crippen LogP contribution in [0.15, 0.2) is 18.2 Å². The molecule has 4 heteroatoms. The topological polar surface area (TPSA) is 0 Å². The lowest BCUT2D eigenvalue weighted by Gasteiger charge is -2.14. The van der Waals surface area contributed by atoms with Crippen molar-refractivity contribution in [3.63, 3.8) is 0 Å². The molecule has 1 fully saturated rings. The van der Waals surface area contributed by atoms with Crippen molar-refractivity contribution in [2.45, 2.75) is 31.4 Å². The summed E-state index contributed by atoms with van der Waals surface area (Å²) in [7, 11) is 0. The van der Waals surface area contributed by atoms with Gasteiger partial charge in [0, 0.05) is 0 Å². The Labute approximate surface area is 91.1 Å². The van der Waals surface area contributed by atoms with Crippen LogP contribution in [0.2, 0.25) is 5.02 Å². The first-order valence-corrected chi connectivity index (χ1v) is 5.08. The van der Waals surface area contributed by atoms with E-state index < -0.39 is 11.7 Å². The molecule has 1 aromatic carbocycles. The van der Waals surface area contributed by atoms with Crippen LogP contribution < -0.4 is 0 Å². The highest BCUT2D eigenvalue weighted by Gasteiger charge is 2.41. The second-order valence-electron chi connectivity index (χ2n) is 4.25. The Balaban J connectivity index is 2.46. The lowest BCUT2D eigenvalue weighted by atomic mass is 9.96. The summed E-state index contributed by atoms with van der Waals surface area (Å²) >= 11 is 5.53. The first kappa shape index (κ1) is 10.8. The maximum Gasteiger partial charge on any atom is 0.417 e. The van der Waals surface area contributed by atoms with Gasteiger partial charge in [-0.05, 0) is 36.0 Å². The summed E-state index contributed by atoms with van der Waals surface area (Å²) in [4.78, 5) is 0. The average Bonchev–Trinajstić information content (AvgIpc) is 2.83. The van der Waals surface area contributed by atoms with E-state index in [1.807, 2.05) is 6.92 Å². The summed E-state index contributed by atoms with van der Waals surface area (Å²) in [6.45, 7) is 1.97. The first-order valence-electron chi connectivity index (χ1n) is 4.70. The molecular formula is C11H10ClF3. The molecule has 0 bridgehead atoms. The van der Waals surface area contributed by atoms with Crippen molar-refractivity contribution < 1.29 is 13.2 Å². The summed E-state index contributed by atoms with van der Waals surface area (Å²) in [6, 6.07) is 4.20. The van der Waals surface area contributed by atoms with Crippen molar-refractivity contribution in [3.8, 4) is 0 Å². The highest BCUT2D eigenvalue weighted by Crippen LogP contribution is 2.49. The molecule has 1 aromatic rings. The molecule has 0 aromatic heterocycles. The second-order valence-corrected chi connectivity index (χ2v) is 4.66. The number of alkyl halides is 3. The van der Waals surface area contributed by atoms with E-state index >= 15 is 0 Å². The molecule has 15 heavy (non-hydrogen) atoms. The van der Waals surface area contributed by atoms with Gasteiger partial charge in [0.05, 0.1) is 10.6 Å². The van der Waals surface area contributed by atoms with Gasteiger partial charge < -0.3 is 0 Å². The molecule has 0 radical (unpaired) electrons. The van der Waals surface area contributed by atoms with E-state index in [1.54, 1.807) is 6.07 Å². The molecule has 1 aliphatic carbocycles. The third-order valence-electron chi connectivity index (χ3n) is 2.97. The quantitative estimate of drug-likeness (QED) is 0.675. The molecule has 0 atom stereocenters. The van der Waals surface area contributed by atoms with E-state index in [0.717, 1.165) is 18.4 Å². The number of hydrogen-bond donors (Lipinski definition) is 0. The predicted molar refractivity (Wildman–Crippen MR) is 53.0 cm³/mol. The van der Waals surface area contributed by atoms with E-state index in [0.29, 0.717) is 0 Å². The molecule has 0 saturated heterocycles. The zero-order valence-corrected chi connectivity index (χ0v) is 8.91. The Morgan fingerprint density at radius 1 is 1.27 bits per heavy atom. The lowest BCUT2D eigenvalue weighted by molar-refractivity contribution is -0.137. The number of halogens is 4. The second kappa shape index (κ2) is 3.14. The van der Waals surface area contributed by atoms with Crippen LogP contribution in [0.1, 0.15) is 30.9 Å². The SMILES string of the molecule is CC1(c2ccc(Cl)c(C(F)(F)F)c2)CC1. The van der Waals surface area contributed by atoms with Gasteiger partial charge in [0.25, 0.3) is 0 Å². The van der Waals surface area contributed by atoms with Gasteiger partial charge in [-0.1, -0.05) is 24.6 Å². The van der Waals surface area contributed by atoms with Gasteiger partial charge in [0.1, 0.15) is 0 Å². The Hall–Kier alpha value is -0.700. The van der Waals surface area contributed by atoms with Crippen molar-refractivity contribution in [3.05, 3.63) is 34.3 Å². The third-order valence-corrected chi connectivity index (χ3v) is 3.30.